The van der Waals surface area contributed by atoms with E-state index in [9.17, 15) is 4.39 Å². The summed E-state index contributed by atoms with van der Waals surface area (Å²) in [6.45, 7) is 6.69. The number of aromatic nitrogens is 4. The maximum Gasteiger partial charge on any atom is 0.164 e. The van der Waals surface area contributed by atoms with Gasteiger partial charge >= 0.3 is 0 Å². The molecule has 0 saturated carbocycles. The number of para-hydroxylation sites is 1. The van der Waals surface area contributed by atoms with Crippen molar-refractivity contribution in [2.45, 2.75) is 26.2 Å². The average molecular weight is 625 g/mol. The highest BCUT2D eigenvalue weighted by Crippen LogP contribution is 2.39. The van der Waals surface area contributed by atoms with E-state index in [1.165, 1.54) is 11.6 Å². The Morgan fingerprint density at radius 2 is 1.06 bits per heavy atom. The highest BCUT2D eigenvalue weighted by molar-refractivity contribution is 6.10. The van der Waals surface area contributed by atoms with E-state index in [0.717, 1.165) is 55.3 Å². The minimum atomic E-state index is -0.280. The van der Waals surface area contributed by atoms with Crippen LogP contribution in [0.4, 0.5) is 4.39 Å². The van der Waals surface area contributed by atoms with Crippen LogP contribution in [0.1, 0.15) is 26.3 Å². The molecule has 4 nitrogen and oxygen atoms in total. The third-order valence-electron chi connectivity index (χ3n) is 8.87. The Hall–Kier alpha value is -5.94. The Morgan fingerprint density at radius 1 is 0.479 bits per heavy atom. The van der Waals surface area contributed by atoms with E-state index in [2.05, 4.69) is 79.9 Å². The molecule has 0 radical (unpaired) electrons. The molecule has 0 bridgehead atoms. The van der Waals surface area contributed by atoms with Gasteiger partial charge in [0.25, 0.3) is 0 Å². The normalized spacial score (nSPS) is 11.8. The fourth-order valence-electron chi connectivity index (χ4n) is 6.39. The molecule has 232 valence electrons. The van der Waals surface area contributed by atoms with E-state index in [0.29, 0.717) is 17.5 Å². The molecule has 48 heavy (non-hydrogen) atoms. The van der Waals surface area contributed by atoms with Crippen LogP contribution in [0.5, 0.6) is 0 Å². The van der Waals surface area contributed by atoms with Crippen molar-refractivity contribution in [2.24, 2.45) is 0 Å². The predicted molar refractivity (Wildman–Crippen MR) is 195 cm³/mol. The Balaban J connectivity index is 1.43. The van der Waals surface area contributed by atoms with Crippen LogP contribution in [0.25, 0.3) is 72.8 Å². The first kappa shape index (κ1) is 29.5. The quantitative estimate of drug-likeness (QED) is 0.191. The first-order chi connectivity index (χ1) is 23.3. The molecule has 0 aliphatic carbocycles. The second kappa shape index (κ2) is 11.7. The highest BCUT2D eigenvalue weighted by Gasteiger charge is 2.21. The van der Waals surface area contributed by atoms with Gasteiger partial charge in [-0.15, -0.1) is 0 Å². The van der Waals surface area contributed by atoms with Crippen molar-refractivity contribution in [3.8, 4) is 51.0 Å². The van der Waals surface area contributed by atoms with Gasteiger partial charge in [0, 0.05) is 33.0 Å². The first-order valence-electron chi connectivity index (χ1n) is 16.1. The monoisotopic (exact) mass is 624 g/mol. The molecular weight excluding hydrogens is 591 g/mol. The summed E-state index contributed by atoms with van der Waals surface area (Å²) in [5.74, 6) is 1.48. The summed E-state index contributed by atoms with van der Waals surface area (Å²) in [4.78, 5) is 14.9. The van der Waals surface area contributed by atoms with E-state index < -0.39 is 0 Å². The Bertz CT molecular complexity index is 2380. The van der Waals surface area contributed by atoms with Gasteiger partial charge in [0.15, 0.2) is 17.5 Å². The summed E-state index contributed by atoms with van der Waals surface area (Å²) >= 11 is 0. The molecule has 0 unspecified atom stereocenters. The molecule has 0 aliphatic heterocycles. The molecule has 2 aromatic heterocycles. The Labute approximate surface area is 279 Å². The second-order valence-corrected chi connectivity index (χ2v) is 13.1. The van der Waals surface area contributed by atoms with Gasteiger partial charge < -0.3 is 4.57 Å². The fraction of sp³-hybridized carbons (Fsp3) is 0.0930. The summed E-state index contributed by atoms with van der Waals surface area (Å²) in [6.07, 6.45) is 0. The zero-order chi connectivity index (χ0) is 32.8. The number of halogens is 1. The van der Waals surface area contributed by atoms with E-state index in [1.807, 2.05) is 72.8 Å². The van der Waals surface area contributed by atoms with Crippen molar-refractivity contribution in [1.29, 1.82) is 0 Å². The number of rotatable bonds is 5. The Morgan fingerprint density at radius 3 is 1.71 bits per heavy atom. The minimum absolute atomic E-state index is 0.0464. The van der Waals surface area contributed by atoms with E-state index in [1.54, 1.807) is 12.1 Å². The van der Waals surface area contributed by atoms with Crippen LogP contribution in [-0.4, -0.2) is 19.5 Å². The Kier molecular flexibility index (Phi) is 7.18. The zero-order valence-corrected chi connectivity index (χ0v) is 27.0. The van der Waals surface area contributed by atoms with E-state index in [4.69, 9.17) is 15.0 Å². The number of hydrogen-bond acceptors (Lipinski definition) is 3. The summed E-state index contributed by atoms with van der Waals surface area (Å²) in [5, 5.41) is 2.31. The van der Waals surface area contributed by atoms with Crippen LogP contribution in [0.15, 0.2) is 146 Å². The maximum absolute atomic E-state index is 14.7. The molecule has 2 heterocycles. The average Bonchev–Trinajstić information content (AvgIpc) is 3.45. The predicted octanol–water partition coefficient (Wildman–Crippen LogP) is 11.1. The van der Waals surface area contributed by atoms with Crippen molar-refractivity contribution in [2.75, 3.05) is 0 Å². The lowest BCUT2D eigenvalue weighted by molar-refractivity contribution is 0.591. The molecule has 0 N–H and O–H groups in total. The molecule has 6 aromatic carbocycles. The third kappa shape index (κ3) is 5.33. The van der Waals surface area contributed by atoms with E-state index >= 15 is 0 Å². The molecule has 0 saturated heterocycles. The number of nitrogens with zero attached hydrogens (tertiary/aromatic N) is 4. The van der Waals surface area contributed by atoms with Gasteiger partial charge in [-0.05, 0) is 46.9 Å². The lowest BCUT2D eigenvalue weighted by Gasteiger charge is -2.20. The summed E-state index contributed by atoms with van der Waals surface area (Å²) in [6, 6.07) is 48.2. The molecule has 8 rings (SSSR count). The van der Waals surface area contributed by atoms with Crippen LogP contribution >= 0.6 is 0 Å². The summed E-state index contributed by atoms with van der Waals surface area (Å²) in [7, 11) is 0. The summed E-state index contributed by atoms with van der Waals surface area (Å²) < 4.78 is 17.0. The van der Waals surface area contributed by atoms with Crippen LogP contribution in [-0.2, 0) is 5.41 Å². The van der Waals surface area contributed by atoms with Gasteiger partial charge in [0.2, 0.25) is 0 Å². The van der Waals surface area contributed by atoms with Gasteiger partial charge in [0.05, 0.1) is 16.7 Å². The van der Waals surface area contributed by atoms with Crippen LogP contribution in [0.2, 0.25) is 0 Å². The number of fused-ring (bicyclic) bond motifs is 3. The van der Waals surface area contributed by atoms with Gasteiger partial charge in [-0.3, -0.25) is 0 Å². The van der Waals surface area contributed by atoms with Gasteiger partial charge in [0.1, 0.15) is 5.82 Å². The van der Waals surface area contributed by atoms with Crippen LogP contribution in [0, 0.1) is 5.82 Å². The van der Waals surface area contributed by atoms with Crippen molar-refractivity contribution in [3.63, 3.8) is 0 Å². The molecule has 0 fully saturated rings. The number of hydrogen-bond donors (Lipinski definition) is 0. The van der Waals surface area contributed by atoms with Gasteiger partial charge in [-0.25, -0.2) is 19.3 Å². The molecule has 5 heteroatoms. The van der Waals surface area contributed by atoms with Gasteiger partial charge in [-0.1, -0.05) is 136 Å². The van der Waals surface area contributed by atoms with Crippen molar-refractivity contribution in [3.05, 3.63) is 157 Å². The fourth-order valence-corrected chi connectivity index (χ4v) is 6.39. The number of benzene rings is 6. The van der Waals surface area contributed by atoms with Crippen LogP contribution in [0.3, 0.4) is 0 Å². The van der Waals surface area contributed by atoms with Crippen LogP contribution < -0.4 is 0 Å². The molecule has 0 atom stereocenters. The lowest BCUT2D eigenvalue weighted by Crippen LogP contribution is -2.11. The van der Waals surface area contributed by atoms with Gasteiger partial charge in [-0.2, -0.15) is 0 Å². The smallest absolute Gasteiger partial charge is 0.164 e. The molecule has 0 aliphatic rings. The standard InChI is InChI=1S/C43H33FN4/c1-43(2,3)32-22-24-36-35-19-10-11-20-37(35)48(39(36)27-32)38-26-31(21-23-34(38)30-17-12-18-33(44)25-30)42-46-40(28-13-6-4-7-14-28)45-41(47-42)29-15-8-5-9-16-29/h4-27H,1-3H3. The first-order valence-corrected chi connectivity index (χ1v) is 16.1. The highest BCUT2D eigenvalue weighted by atomic mass is 19.1. The molecule has 8 aromatic rings. The summed E-state index contributed by atoms with van der Waals surface area (Å²) in [5.41, 5.74) is 8.61. The van der Waals surface area contributed by atoms with Crippen molar-refractivity contribution in [1.82, 2.24) is 19.5 Å². The largest absolute Gasteiger partial charge is 0.309 e. The SMILES string of the molecule is CC(C)(C)c1ccc2c3ccccc3n(-c3cc(-c4nc(-c5ccccc5)nc(-c5ccccc5)n4)ccc3-c3cccc(F)c3)c2c1. The topological polar surface area (TPSA) is 43.6 Å². The molecular formula is C43H33FN4. The minimum Gasteiger partial charge on any atom is -0.309 e. The molecule has 0 spiro atoms. The van der Waals surface area contributed by atoms with Crippen molar-refractivity contribution >= 4 is 21.8 Å². The molecule has 0 amide bonds. The maximum atomic E-state index is 14.7. The second-order valence-electron chi connectivity index (χ2n) is 13.1. The van der Waals surface area contributed by atoms with E-state index in [-0.39, 0.29) is 11.2 Å². The van der Waals surface area contributed by atoms with Crippen molar-refractivity contribution < 1.29 is 4.39 Å². The lowest BCUT2D eigenvalue weighted by atomic mass is 9.86. The third-order valence-corrected chi connectivity index (χ3v) is 8.87. The zero-order valence-electron chi connectivity index (χ0n) is 27.0.